The Morgan fingerprint density at radius 3 is 1.90 bits per heavy atom. The van der Waals surface area contributed by atoms with Crippen LogP contribution in [0.4, 0.5) is 17.1 Å². The van der Waals surface area contributed by atoms with Crippen molar-refractivity contribution in [1.29, 1.82) is 0 Å². The first-order valence-corrected chi connectivity index (χ1v) is 23.4. The quantitative estimate of drug-likeness (QED) is 0.105. The van der Waals surface area contributed by atoms with Crippen molar-refractivity contribution in [3.63, 3.8) is 0 Å². The van der Waals surface area contributed by atoms with Gasteiger partial charge >= 0.3 is 0 Å². The summed E-state index contributed by atoms with van der Waals surface area (Å²) in [7, 11) is -3.26. The van der Waals surface area contributed by atoms with Crippen LogP contribution in [0.2, 0.25) is 18.6 Å². The number of fused-ring (bicyclic) bond motifs is 2. The van der Waals surface area contributed by atoms with Gasteiger partial charge in [-0.05, 0) is 61.8 Å². The number of aliphatic hydroxyl groups excluding tert-OH is 9. The molecule has 22 heteroatoms. The summed E-state index contributed by atoms with van der Waals surface area (Å²) in [4.78, 5) is 70.1. The molecule has 5 aliphatic heterocycles. The Bertz CT molecular complexity index is 2020. The van der Waals surface area contributed by atoms with Crippen LogP contribution in [-0.4, -0.2) is 174 Å². The molecule has 5 heterocycles. The van der Waals surface area contributed by atoms with Crippen LogP contribution in [0.15, 0.2) is 42.5 Å². The minimum absolute atomic E-state index is 0.0648. The van der Waals surface area contributed by atoms with Crippen molar-refractivity contribution in [1.82, 2.24) is 4.90 Å². The van der Waals surface area contributed by atoms with E-state index in [1.54, 1.807) is 43.1 Å². The van der Waals surface area contributed by atoms with Gasteiger partial charge in [0.05, 0.1) is 37.4 Å². The van der Waals surface area contributed by atoms with E-state index < -0.39 is 111 Å². The Morgan fingerprint density at radius 1 is 0.806 bits per heavy atom. The molecule has 21 nitrogen and oxygen atoms in total. The predicted molar refractivity (Wildman–Crippen MR) is 215 cm³/mol. The highest BCUT2D eigenvalue weighted by atomic mass is 28.4. The summed E-state index contributed by atoms with van der Waals surface area (Å²) in [6.07, 6.45) is -18.5. The fraction of sp³-hybridized carbons (Fsp3) is 0.600. The van der Waals surface area contributed by atoms with Gasteiger partial charge in [-0.3, -0.25) is 19.2 Å². The van der Waals surface area contributed by atoms with Crippen molar-refractivity contribution in [2.24, 2.45) is 5.92 Å². The molecule has 2 aromatic rings. The summed E-state index contributed by atoms with van der Waals surface area (Å²) in [5.74, 6) is -3.49. The predicted octanol–water partition coefficient (Wildman–Crippen LogP) is -3.12. The summed E-state index contributed by atoms with van der Waals surface area (Å²) in [6, 6.07) is 10.3. The first kappa shape index (κ1) is 46.0. The highest BCUT2D eigenvalue weighted by molar-refractivity contribution is 6.71. The minimum atomic E-state index is -3.26. The number of amides is 4. The van der Waals surface area contributed by atoms with Gasteiger partial charge in [-0.1, -0.05) is 19.1 Å². The molecule has 0 radical (unpaired) electrons. The summed E-state index contributed by atoms with van der Waals surface area (Å²) in [5, 5.41) is 95.6. The number of anilines is 3. The normalized spacial score (nSPS) is 37.1. The molecule has 4 fully saturated rings. The van der Waals surface area contributed by atoms with E-state index in [0.717, 1.165) is 0 Å². The molecule has 340 valence electrons. The van der Waals surface area contributed by atoms with Crippen LogP contribution in [-0.2, 0) is 45.5 Å². The third-order valence-corrected chi connectivity index (χ3v) is 15.3. The number of nitrogens with one attached hydrogen (secondary N) is 2. The number of carbonyl (C=O) groups is 4. The van der Waals surface area contributed by atoms with Gasteiger partial charge < -0.3 is 85.4 Å². The lowest BCUT2D eigenvalue weighted by atomic mass is 9.82. The monoisotopic (exact) mass is 890 g/mol. The zero-order chi connectivity index (χ0) is 45.2. The maximum absolute atomic E-state index is 15.1. The molecule has 0 saturated carbocycles. The van der Waals surface area contributed by atoms with Crippen molar-refractivity contribution in [3.8, 4) is 0 Å². The van der Waals surface area contributed by atoms with Gasteiger partial charge in [-0.15, -0.1) is 0 Å². The number of hydrogen-bond acceptors (Lipinski definition) is 17. The van der Waals surface area contributed by atoms with Gasteiger partial charge in [0.1, 0.15) is 36.6 Å². The van der Waals surface area contributed by atoms with E-state index >= 15 is 4.79 Å². The van der Waals surface area contributed by atoms with Crippen LogP contribution in [0.1, 0.15) is 37.3 Å². The van der Waals surface area contributed by atoms with Gasteiger partial charge in [0.15, 0.2) is 38.7 Å². The van der Waals surface area contributed by atoms with Gasteiger partial charge in [0, 0.05) is 34.9 Å². The lowest BCUT2D eigenvalue weighted by Crippen LogP contribution is -2.60. The second-order valence-corrected chi connectivity index (χ2v) is 21.2. The smallest absolute Gasteiger partial charge is 0.264 e. The highest BCUT2D eigenvalue weighted by Gasteiger charge is 2.66. The van der Waals surface area contributed by atoms with E-state index in [2.05, 4.69) is 10.6 Å². The van der Waals surface area contributed by atoms with E-state index in [-0.39, 0.29) is 48.5 Å². The number of hydrogen-bond donors (Lipinski definition) is 12. The average Bonchev–Trinajstić information content (AvgIpc) is 3.89. The number of ether oxygens (including phenoxy) is 3. The zero-order valence-corrected chi connectivity index (χ0v) is 35.1. The first-order valence-electron chi connectivity index (χ1n) is 20.4. The van der Waals surface area contributed by atoms with E-state index in [4.69, 9.17) is 14.2 Å². The molecule has 12 N–H and O–H groups in total. The van der Waals surface area contributed by atoms with Crippen LogP contribution >= 0.6 is 0 Å². The average molecular weight is 891 g/mol. The molecule has 15 atom stereocenters. The molecule has 62 heavy (non-hydrogen) atoms. The third kappa shape index (κ3) is 8.17. The van der Waals surface area contributed by atoms with Crippen LogP contribution in [0.3, 0.4) is 0 Å². The molecule has 5 aliphatic rings. The standard InChI is InChI=1S/C40H54N4O17Si/c1-17-34(62(2,3)58)24(14-25(46)43-12-4-5-21(43)16-45)61-40(17)22-13-20(42-36(54)33-29(50)27(48)31(52)38(56)60-33)10-11-23(22)44(39(40)57)15-18-6-8-19(9-7-18)41-35(53)32-28(49)26(47)30(51)37(55)59-32/h6-11,13,17,21,24,26-34,37-38,45,47-52,55-56,58H,4-5,12,14-16H2,1-3H3,(H,41,53)(H,42,54)/t17-,21-,24+,26-,27-,28-,29-,30+,31+,32-,33-,34-,37+,38+,40+/m0/s1. The fourth-order valence-corrected chi connectivity index (χ4v) is 12.2. The van der Waals surface area contributed by atoms with Crippen LogP contribution in [0, 0.1) is 5.92 Å². The van der Waals surface area contributed by atoms with Gasteiger partial charge in [0.25, 0.3) is 17.7 Å². The molecular formula is C40H54N4O17Si. The van der Waals surface area contributed by atoms with Crippen LogP contribution in [0.5, 0.6) is 0 Å². The molecule has 0 bridgehead atoms. The van der Waals surface area contributed by atoms with E-state index in [9.17, 15) is 65.1 Å². The summed E-state index contributed by atoms with van der Waals surface area (Å²) >= 11 is 0. The Labute approximate surface area is 356 Å². The first-order chi connectivity index (χ1) is 29.2. The number of likely N-dealkylation sites (tertiary alicyclic amines) is 1. The third-order valence-electron chi connectivity index (χ3n) is 12.8. The molecule has 0 aromatic heterocycles. The minimum Gasteiger partial charge on any atom is -0.432 e. The SMILES string of the molecule is C[C@H]1[C@H]([Si](C)(C)O)[C@@H](CC(=O)N2CCC[C@H]2CO)O[C@]12C(=O)N(Cc1ccc(NC(=O)[C@H]3O[C@@H](O)[C@H](O)[C@@H](O)[C@@H]3O)cc1)c1ccc(NC(=O)[C@H]3O[C@@H](O)[C@H](O)[C@@H](O)[C@@H]3O)cc12. The largest absolute Gasteiger partial charge is 0.432 e. The Morgan fingerprint density at radius 2 is 1.35 bits per heavy atom. The number of carbonyl (C=O) groups excluding carboxylic acids is 4. The highest BCUT2D eigenvalue weighted by Crippen LogP contribution is 2.60. The number of rotatable bonds is 10. The van der Waals surface area contributed by atoms with Crippen molar-refractivity contribution < 1.29 is 84.1 Å². The molecule has 0 aliphatic carbocycles. The van der Waals surface area contributed by atoms with Crippen molar-refractivity contribution in [2.75, 3.05) is 28.7 Å². The van der Waals surface area contributed by atoms with Crippen molar-refractivity contribution in [3.05, 3.63) is 53.6 Å². The summed E-state index contributed by atoms with van der Waals surface area (Å²) < 4.78 is 16.9. The molecule has 1 spiro atoms. The van der Waals surface area contributed by atoms with Gasteiger partial charge in [-0.2, -0.15) is 0 Å². The topological polar surface area (TPSA) is 329 Å². The lowest BCUT2D eigenvalue weighted by molar-refractivity contribution is -0.274. The number of aliphatic hydroxyl groups is 9. The van der Waals surface area contributed by atoms with Crippen molar-refractivity contribution >= 4 is 49.0 Å². The van der Waals surface area contributed by atoms with Crippen LogP contribution < -0.4 is 15.5 Å². The second kappa shape index (κ2) is 17.5. The Hall–Kier alpha value is -3.98. The fourth-order valence-electron chi connectivity index (χ4n) is 9.61. The summed E-state index contributed by atoms with van der Waals surface area (Å²) in [5.41, 5.74) is -0.985. The molecule has 7 rings (SSSR count). The maximum Gasteiger partial charge on any atom is 0.264 e. The maximum atomic E-state index is 15.1. The van der Waals surface area contributed by atoms with Gasteiger partial charge in [-0.25, -0.2) is 0 Å². The van der Waals surface area contributed by atoms with E-state index in [1.165, 1.54) is 29.2 Å². The lowest BCUT2D eigenvalue weighted by Gasteiger charge is -2.37. The molecule has 4 amide bonds. The molecule has 4 saturated heterocycles. The number of benzene rings is 2. The van der Waals surface area contributed by atoms with Gasteiger partial charge in [0.2, 0.25) is 5.91 Å². The Kier molecular flexibility index (Phi) is 13.0. The molecule has 0 unspecified atom stereocenters. The molecule has 2 aromatic carbocycles. The molecular weight excluding hydrogens is 837 g/mol. The van der Waals surface area contributed by atoms with Crippen LogP contribution in [0.25, 0.3) is 0 Å². The van der Waals surface area contributed by atoms with E-state index in [1.807, 2.05) is 0 Å². The zero-order valence-electron chi connectivity index (χ0n) is 34.1. The summed E-state index contributed by atoms with van der Waals surface area (Å²) in [6.45, 7) is 5.29. The van der Waals surface area contributed by atoms with E-state index in [0.29, 0.717) is 30.6 Å². The second-order valence-electron chi connectivity index (χ2n) is 17.3. The van der Waals surface area contributed by atoms with Crippen molar-refractivity contribution in [2.45, 2.75) is 131 Å². The number of nitrogens with zero attached hydrogens (tertiary/aromatic N) is 2. The Balaban J connectivity index is 1.19.